The molecule has 16 heavy (non-hydrogen) atoms. The Balaban J connectivity index is 2.04. The molecule has 1 fully saturated rings. The molecule has 1 N–H and O–H groups in total. The van der Waals surface area contributed by atoms with Gasteiger partial charge in [-0.3, -0.25) is 4.79 Å². The number of carbonyl (C=O) groups excluding carboxylic acids is 1. The molecule has 0 aliphatic heterocycles. The molecule has 3 nitrogen and oxygen atoms in total. The van der Waals surface area contributed by atoms with E-state index in [4.69, 9.17) is 5.26 Å². The summed E-state index contributed by atoms with van der Waals surface area (Å²) in [6, 6.07) is 9.28. The van der Waals surface area contributed by atoms with Crippen molar-refractivity contribution < 1.29 is 4.79 Å². The minimum atomic E-state index is -0.0245. The first-order valence-corrected chi connectivity index (χ1v) is 5.41. The second kappa shape index (κ2) is 3.97. The van der Waals surface area contributed by atoms with E-state index in [0.29, 0.717) is 12.0 Å². The largest absolute Gasteiger partial charge is 0.347 e. The molecule has 1 aromatic rings. The number of hydrogen-bond acceptors (Lipinski definition) is 2. The van der Waals surface area contributed by atoms with E-state index in [1.54, 1.807) is 12.1 Å². The van der Waals surface area contributed by atoms with Crippen LogP contribution in [0.5, 0.6) is 0 Å². The first kappa shape index (κ1) is 10.7. The van der Waals surface area contributed by atoms with E-state index in [-0.39, 0.29) is 11.4 Å². The van der Waals surface area contributed by atoms with Gasteiger partial charge in [0.1, 0.15) is 0 Å². The maximum absolute atomic E-state index is 11.8. The van der Waals surface area contributed by atoms with Crippen LogP contribution < -0.4 is 5.32 Å². The zero-order valence-corrected chi connectivity index (χ0v) is 9.29. The van der Waals surface area contributed by atoms with Crippen molar-refractivity contribution in [2.24, 2.45) is 0 Å². The third-order valence-corrected chi connectivity index (χ3v) is 2.91. The summed E-state index contributed by atoms with van der Waals surface area (Å²) in [5, 5.41) is 11.5. The lowest BCUT2D eigenvalue weighted by Gasteiger charge is -2.11. The summed E-state index contributed by atoms with van der Waals surface area (Å²) in [6.07, 6.45) is 2.51. The summed E-state index contributed by atoms with van der Waals surface area (Å²) in [4.78, 5) is 11.8. The van der Waals surface area contributed by atoms with Gasteiger partial charge in [-0.25, -0.2) is 0 Å². The fraction of sp³-hybridized carbons (Fsp3) is 0.385. The Bertz CT molecular complexity index is 438. The normalized spacial score (nSPS) is 16.2. The standard InChI is InChI=1S/C13H14N2O/c1-13(7-8-13)15-12(16)11-4-2-10(3-5-11)6-9-14/h2-5H,6-8H2,1H3,(H,15,16). The van der Waals surface area contributed by atoms with Crippen molar-refractivity contribution >= 4 is 5.91 Å². The van der Waals surface area contributed by atoms with Crippen LogP contribution >= 0.6 is 0 Å². The molecular weight excluding hydrogens is 200 g/mol. The molecule has 0 aromatic heterocycles. The molecule has 0 radical (unpaired) electrons. The van der Waals surface area contributed by atoms with E-state index in [0.717, 1.165) is 18.4 Å². The summed E-state index contributed by atoms with van der Waals surface area (Å²) < 4.78 is 0. The van der Waals surface area contributed by atoms with Gasteiger partial charge in [0.15, 0.2) is 0 Å². The van der Waals surface area contributed by atoms with Crippen molar-refractivity contribution in [3.05, 3.63) is 35.4 Å². The molecule has 2 rings (SSSR count). The van der Waals surface area contributed by atoms with Gasteiger partial charge in [-0.1, -0.05) is 12.1 Å². The number of amides is 1. The van der Waals surface area contributed by atoms with Gasteiger partial charge >= 0.3 is 0 Å². The van der Waals surface area contributed by atoms with E-state index in [1.807, 2.05) is 12.1 Å². The Hall–Kier alpha value is -1.82. The lowest BCUT2D eigenvalue weighted by Crippen LogP contribution is -2.34. The molecule has 0 saturated heterocycles. The number of carbonyl (C=O) groups is 1. The Morgan fingerprint density at radius 3 is 2.56 bits per heavy atom. The van der Waals surface area contributed by atoms with Crippen molar-refractivity contribution in [3.63, 3.8) is 0 Å². The molecule has 1 amide bonds. The van der Waals surface area contributed by atoms with Gasteiger partial charge in [0.25, 0.3) is 5.91 Å². The highest BCUT2D eigenvalue weighted by Gasteiger charge is 2.38. The van der Waals surface area contributed by atoms with Crippen LogP contribution in [0.25, 0.3) is 0 Å². The summed E-state index contributed by atoms with van der Waals surface area (Å²) in [7, 11) is 0. The molecule has 1 aromatic carbocycles. The SMILES string of the molecule is CC1(NC(=O)c2ccc(CC#N)cc2)CC1. The molecule has 0 unspecified atom stereocenters. The molecule has 0 atom stereocenters. The van der Waals surface area contributed by atoms with Gasteiger partial charge < -0.3 is 5.32 Å². The highest BCUT2D eigenvalue weighted by Crippen LogP contribution is 2.34. The van der Waals surface area contributed by atoms with Crippen LogP contribution in [0.4, 0.5) is 0 Å². The molecule has 0 heterocycles. The zero-order chi connectivity index (χ0) is 11.6. The Kier molecular flexibility index (Phi) is 2.66. The lowest BCUT2D eigenvalue weighted by molar-refractivity contribution is 0.0935. The van der Waals surface area contributed by atoms with E-state index < -0.39 is 0 Å². The van der Waals surface area contributed by atoms with E-state index in [9.17, 15) is 4.79 Å². The Morgan fingerprint density at radius 2 is 2.06 bits per heavy atom. The molecule has 1 saturated carbocycles. The zero-order valence-electron chi connectivity index (χ0n) is 9.29. The summed E-state index contributed by atoms with van der Waals surface area (Å²) in [5.74, 6) is -0.0245. The lowest BCUT2D eigenvalue weighted by atomic mass is 10.1. The van der Waals surface area contributed by atoms with Crippen LogP contribution in [0.1, 0.15) is 35.7 Å². The number of hydrogen-bond donors (Lipinski definition) is 1. The maximum atomic E-state index is 11.8. The van der Waals surface area contributed by atoms with Crippen molar-refractivity contribution in [1.82, 2.24) is 5.32 Å². The third-order valence-electron chi connectivity index (χ3n) is 2.91. The topological polar surface area (TPSA) is 52.9 Å². The van der Waals surface area contributed by atoms with Gasteiger partial charge in [-0.2, -0.15) is 5.26 Å². The quantitative estimate of drug-likeness (QED) is 0.837. The highest BCUT2D eigenvalue weighted by atomic mass is 16.1. The summed E-state index contributed by atoms with van der Waals surface area (Å²) in [6.45, 7) is 2.05. The average molecular weight is 214 g/mol. The van der Waals surface area contributed by atoms with Gasteiger partial charge in [0.05, 0.1) is 12.5 Å². The first-order valence-electron chi connectivity index (χ1n) is 5.41. The van der Waals surface area contributed by atoms with E-state index in [2.05, 4.69) is 18.3 Å². The van der Waals surface area contributed by atoms with Crippen LogP contribution in [0.15, 0.2) is 24.3 Å². The van der Waals surface area contributed by atoms with Crippen LogP contribution in [0.3, 0.4) is 0 Å². The van der Waals surface area contributed by atoms with Crippen LogP contribution in [0, 0.1) is 11.3 Å². The highest BCUT2D eigenvalue weighted by molar-refractivity contribution is 5.94. The molecule has 3 heteroatoms. The third kappa shape index (κ3) is 2.40. The molecular formula is C13H14N2O. The van der Waals surface area contributed by atoms with Crippen LogP contribution in [-0.4, -0.2) is 11.4 Å². The number of nitrogens with zero attached hydrogens (tertiary/aromatic N) is 1. The number of rotatable bonds is 3. The maximum Gasteiger partial charge on any atom is 0.251 e. The van der Waals surface area contributed by atoms with Crippen molar-refractivity contribution in [2.75, 3.05) is 0 Å². The molecule has 1 aliphatic rings. The van der Waals surface area contributed by atoms with Gasteiger partial charge in [0, 0.05) is 11.1 Å². The fourth-order valence-corrected chi connectivity index (χ4v) is 1.52. The van der Waals surface area contributed by atoms with Crippen LogP contribution in [-0.2, 0) is 6.42 Å². The predicted molar refractivity (Wildman–Crippen MR) is 60.9 cm³/mol. The smallest absolute Gasteiger partial charge is 0.251 e. The fourth-order valence-electron chi connectivity index (χ4n) is 1.52. The number of nitrogens with one attached hydrogen (secondary N) is 1. The number of benzene rings is 1. The van der Waals surface area contributed by atoms with Crippen LogP contribution in [0.2, 0.25) is 0 Å². The minimum absolute atomic E-state index is 0.0163. The molecule has 82 valence electrons. The first-order chi connectivity index (χ1) is 7.63. The van der Waals surface area contributed by atoms with Gasteiger partial charge in [0.2, 0.25) is 0 Å². The van der Waals surface area contributed by atoms with Crippen molar-refractivity contribution in [1.29, 1.82) is 5.26 Å². The van der Waals surface area contributed by atoms with Gasteiger partial charge in [-0.05, 0) is 37.5 Å². The molecule has 0 bridgehead atoms. The van der Waals surface area contributed by atoms with E-state index >= 15 is 0 Å². The summed E-state index contributed by atoms with van der Waals surface area (Å²) in [5.41, 5.74) is 1.62. The van der Waals surface area contributed by atoms with Gasteiger partial charge in [-0.15, -0.1) is 0 Å². The second-order valence-corrected chi connectivity index (χ2v) is 4.55. The average Bonchev–Trinajstić information content (AvgIpc) is 2.97. The minimum Gasteiger partial charge on any atom is -0.347 e. The summed E-state index contributed by atoms with van der Waals surface area (Å²) >= 11 is 0. The molecule has 0 spiro atoms. The number of nitriles is 1. The Labute approximate surface area is 95.1 Å². The monoisotopic (exact) mass is 214 g/mol. The second-order valence-electron chi connectivity index (χ2n) is 4.55. The van der Waals surface area contributed by atoms with Crippen molar-refractivity contribution in [2.45, 2.75) is 31.7 Å². The predicted octanol–water partition coefficient (Wildman–Crippen LogP) is 2.03. The Morgan fingerprint density at radius 1 is 1.44 bits per heavy atom. The molecule has 1 aliphatic carbocycles. The van der Waals surface area contributed by atoms with E-state index in [1.165, 1.54) is 0 Å². The van der Waals surface area contributed by atoms with Crippen molar-refractivity contribution in [3.8, 4) is 6.07 Å².